The average molecular weight is 310 g/mol. The van der Waals surface area contributed by atoms with Gasteiger partial charge in [0.15, 0.2) is 0 Å². The Morgan fingerprint density at radius 2 is 1.74 bits per heavy atom. The van der Waals surface area contributed by atoms with E-state index in [4.69, 9.17) is 0 Å². The first-order valence-corrected chi connectivity index (χ1v) is 7.71. The number of nitro benzene ring substituents is 1. The van der Waals surface area contributed by atoms with Crippen LogP contribution >= 0.6 is 0 Å². The summed E-state index contributed by atoms with van der Waals surface area (Å²) in [4.78, 5) is 25.2. The molecule has 2 aromatic rings. The average Bonchev–Trinajstić information content (AvgIpc) is 3.38. The smallest absolute Gasteiger partial charge is 0.273 e. The van der Waals surface area contributed by atoms with Gasteiger partial charge in [-0.25, -0.2) is 0 Å². The summed E-state index contributed by atoms with van der Waals surface area (Å²) in [5, 5.41) is 11.1. The highest BCUT2D eigenvalue weighted by molar-refractivity contribution is 5.80. The molecule has 0 aromatic heterocycles. The van der Waals surface area contributed by atoms with E-state index in [2.05, 4.69) is 0 Å². The Morgan fingerprint density at radius 3 is 2.39 bits per heavy atom. The molecule has 0 spiro atoms. The quantitative estimate of drug-likeness (QED) is 0.607. The maximum absolute atomic E-state index is 12.7. The Kier molecular flexibility index (Phi) is 4.37. The second kappa shape index (κ2) is 6.60. The number of benzene rings is 2. The van der Waals surface area contributed by atoms with E-state index in [9.17, 15) is 14.9 Å². The number of nitrogens with zero attached hydrogens (tertiary/aromatic N) is 2. The molecule has 0 bridgehead atoms. The second-order valence-corrected chi connectivity index (χ2v) is 5.80. The standard InChI is InChI=1S/C18H18N2O3/c21-18(12-15-8-4-5-9-17(15)20(22)23)19(16-10-11-16)13-14-6-2-1-3-7-14/h1-9,16H,10-13H2. The van der Waals surface area contributed by atoms with Gasteiger partial charge in [0.2, 0.25) is 5.91 Å². The highest BCUT2D eigenvalue weighted by atomic mass is 16.6. The molecule has 1 saturated carbocycles. The normalized spacial score (nSPS) is 13.6. The number of hydrogen-bond donors (Lipinski definition) is 0. The van der Waals surface area contributed by atoms with E-state index < -0.39 is 4.92 Å². The molecule has 1 aliphatic carbocycles. The van der Waals surface area contributed by atoms with Gasteiger partial charge < -0.3 is 4.90 Å². The highest BCUT2D eigenvalue weighted by Crippen LogP contribution is 2.29. The number of nitro groups is 1. The fourth-order valence-electron chi connectivity index (χ4n) is 2.69. The van der Waals surface area contributed by atoms with Gasteiger partial charge in [0.05, 0.1) is 11.3 Å². The minimum absolute atomic E-state index is 0.0105. The molecule has 23 heavy (non-hydrogen) atoms. The summed E-state index contributed by atoms with van der Waals surface area (Å²) in [6.07, 6.45) is 2.09. The third kappa shape index (κ3) is 3.74. The predicted octanol–water partition coefficient (Wildman–Crippen LogP) is 3.33. The van der Waals surface area contributed by atoms with Crippen LogP contribution in [0.4, 0.5) is 5.69 Å². The molecule has 118 valence electrons. The molecule has 0 heterocycles. The third-order valence-electron chi connectivity index (χ3n) is 4.03. The van der Waals surface area contributed by atoms with E-state index in [-0.39, 0.29) is 24.1 Å². The molecule has 5 nitrogen and oxygen atoms in total. The first-order valence-electron chi connectivity index (χ1n) is 7.71. The lowest BCUT2D eigenvalue weighted by Gasteiger charge is -2.22. The van der Waals surface area contributed by atoms with Gasteiger partial charge in [-0.05, 0) is 18.4 Å². The summed E-state index contributed by atoms with van der Waals surface area (Å²) in [5.41, 5.74) is 1.56. The third-order valence-corrected chi connectivity index (χ3v) is 4.03. The number of para-hydroxylation sites is 1. The Bertz CT molecular complexity index is 711. The summed E-state index contributed by atoms with van der Waals surface area (Å²) >= 11 is 0. The number of carbonyl (C=O) groups excluding carboxylic acids is 1. The summed E-state index contributed by atoms with van der Waals surface area (Å²) < 4.78 is 0. The van der Waals surface area contributed by atoms with Crippen molar-refractivity contribution in [2.24, 2.45) is 0 Å². The molecule has 1 fully saturated rings. The number of amides is 1. The van der Waals surface area contributed by atoms with Crippen molar-refractivity contribution in [3.8, 4) is 0 Å². The lowest BCUT2D eigenvalue weighted by atomic mass is 10.1. The van der Waals surface area contributed by atoms with Crippen LogP contribution in [-0.4, -0.2) is 21.8 Å². The van der Waals surface area contributed by atoms with Crippen molar-refractivity contribution in [1.82, 2.24) is 4.90 Å². The molecule has 3 rings (SSSR count). The molecule has 5 heteroatoms. The van der Waals surface area contributed by atoms with Crippen LogP contribution in [-0.2, 0) is 17.8 Å². The van der Waals surface area contributed by atoms with Crippen molar-refractivity contribution in [3.63, 3.8) is 0 Å². The summed E-state index contributed by atoms with van der Waals surface area (Å²) in [7, 11) is 0. The molecular formula is C18H18N2O3. The minimum atomic E-state index is -0.429. The van der Waals surface area contributed by atoms with Crippen LogP contribution < -0.4 is 0 Å². The molecule has 0 unspecified atom stereocenters. The van der Waals surface area contributed by atoms with Gasteiger partial charge in [-0.2, -0.15) is 0 Å². The first kappa shape index (κ1) is 15.2. The molecule has 0 N–H and O–H groups in total. The SMILES string of the molecule is O=C(Cc1ccccc1[N+](=O)[O-])N(Cc1ccccc1)C1CC1. The zero-order valence-electron chi connectivity index (χ0n) is 12.7. The van der Waals surface area contributed by atoms with Crippen molar-refractivity contribution in [2.75, 3.05) is 0 Å². The largest absolute Gasteiger partial charge is 0.335 e. The van der Waals surface area contributed by atoms with Crippen molar-refractivity contribution in [3.05, 3.63) is 75.8 Å². The number of rotatable bonds is 6. The molecule has 0 atom stereocenters. The summed E-state index contributed by atoms with van der Waals surface area (Å²) in [6, 6.07) is 16.6. The van der Waals surface area contributed by atoms with Crippen LogP contribution in [0.3, 0.4) is 0 Å². The van der Waals surface area contributed by atoms with Crippen LogP contribution in [0.5, 0.6) is 0 Å². The molecule has 0 saturated heterocycles. The van der Waals surface area contributed by atoms with Crippen molar-refractivity contribution in [1.29, 1.82) is 0 Å². The van der Waals surface area contributed by atoms with Gasteiger partial charge >= 0.3 is 0 Å². The van der Waals surface area contributed by atoms with E-state index >= 15 is 0 Å². The van der Waals surface area contributed by atoms with Crippen molar-refractivity contribution >= 4 is 11.6 Å². The molecule has 2 aromatic carbocycles. The molecule has 0 radical (unpaired) electrons. The Morgan fingerprint density at radius 1 is 1.09 bits per heavy atom. The first-order chi connectivity index (χ1) is 11.1. The molecular weight excluding hydrogens is 292 g/mol. The zero-order valence-corrected chi connectivity index (χ0v) is 12.7. The molecule has 1 aliphatic rings. The van der Waals surface area contributed by atoms with Gasteiger partial charge in [0.25, 0.3) is 5.69 Å². The van der Waals surface area contributed by atoms with Gasteiger partial charge in [-0.15, -0.1) is 0 Å². The lowest BCUT2D eigenvalue weighted by molar-refractivity contribution is -0.385. The highest BCUT2D eigenvalue weighted by Gasteiger charge is 2.33. The number of carbonyl (C=O) groups is 1. The fourth-order valence-corrected chi connectivity index (χ4v) is 2.69. The van der Waals surface area contributed by atoms with Crippen LogP contribution in [0, 0.1) is 10.1 Å². The fraction of sp³-hybridized carbons (Fsp3) is 0.278. The van der Waals surface area contributed by atoms with E-state index in [0.717, 1.165) is 18.4 Å². The van der Waals surface area contributed by atoms with Gasteiger partial charge in [0, 0.05) is 24.2 Å². The molecule has 0 aliphatic heterocycles. The van der Waals surface area contributed by atoms with Crippen molar-refractivity contribution < 1.29 is 9.72 Å². The van der Waals surface area contributed by atoms with Crippen LogP contribution in [0.15, 0.2) is 54.6 Å². The number of hydrogen-bond acceptors (Lipinski definition) is 3. The predicted molar refractivity (Wildman–Crippen MR) is 86.8 cm³/mol. The maximum atomic E-state index is 12.7. The topological polar surface area (TPSA) is 63.4 Å². The van der Waals surface area contributed by atoms with Crippen LogP contribution in [0.1, 0.15) is 24.0 Å². The van der Waals surface area contributed by atoms with E-state index in [1.165, 1.54) is 6.07 Å². The Labute approximate surface area is 134 Å². The van der Waals surface area contributed by atoms with Crippen LogP contribution in [0.25, 0.3) is 0 Å². The van der Waals surface area contributed by atoms with Gasteiger partial charge in [0.1, 0.15) is 0 Å². The zero-order chi connectivity index (χ0) is 16.2. The van der Waals surface area contributed by atoms with Gasteiger partial charge in [-0.1, -0.05) is 48.5 Å². The van der Waals surface area contributed by atoms with E-state index in [0.29, 0.717) is 12.1 Å². The van der Waals surface area contributed by atoms with Crippen LogP contribution in [0.2, 0.25) is 0 Å². The Balaban J connectivity index is 1.76. The lowest BCUT2D eigenvalue weighted by Crippen LogP contribution is -2.33. The minimum Gasteiger partial charge on any atom is -0.335 e. The maximum Gasteiger partial charge on any atom is 0.273 e. The second-order valence-electron chi connectivity index (χ2n) is 5.80. The monoisotopic (exact) mass is 310 g/mol. The Hall–Kier alpha value is -2.69. The van der Waals surface area contributed by atoms with E-state index in [1.54, 1.807) is 18.2 Å². The van der Waals surface area contributed by atoms with E-state index in [1.807, 2.05) is 35.2 Å². The summed E-state index contributed by atoms with van der Waals surface area (Å²) in [6.45, 7) is 0.560. The van der Waals surface area contributed by atoms with Crippen molar-refractivity contribution in [2.45, 2.75) is 31.8 Å². The van der Waals surface area contributed by atoms with Gasteiger partial charge in [-0.3, -0.25) is 14.9 Å². The summed E-state index contributed by atoms with van der Waals surface area (Å²) in [5.74, 6) is -0.0503. The molecule has 1 amide bonds.